The van der Waals surface area contributed by atoms with E-state index >= 15 is 0 Å². The Kier molecular flexibility index (Phi) is 5.27. The molecule has 2 rings (SSSR count). The second kappa shape index (κ2) is 6.50. The second-order valence-electron chi connectivity index (χ2n) is 3.96. The molecule has 1 aromatic rings. The molecule has 5 heteroatoms. The third-order valence-electron chi connectivity index (χ3n) is 2.75. The molecule has 0 saturated carbocycles. The Morgan fingerprint density at radius 2 is 2.18 bits per heavy atom. The lowest BCUT2D eigenvalue weighted by Crippen LogP contribution is -2.33. The van der Waals surface area contributed by atoms with E-state index in [2.05, 4.69) is 6.92 Å². The van der Waals surface area contributed by atoms with Crippen LogP contribution in [0, 0.1) is 0 Å². The molecule has 1 aliphatic heterocycles. The van der Waals surface area contributed by atoms with Crippen molar-refractivity contribution in [1.82, 2.24) is 0 Å². The number of thioether (sulfide) groups is 2. The van der Waals surface area contributed by atoms with E-state index in [1.165, 1.54) is 17.1 Å². The molecule has 0 radical (unpaired) electrons. The minimum absolute atomic E-state index is 0.180. The van der Waals surface area contributed by atoms with Crippen molar-refractivity contribution in [2.75, 3.05) is 11.5 Å². The van der Waals surface area contributed by atoms with Gasteiger partial charge in [0, 0.05) is 28.1 Å². The summed E-state index contributed by atoms with van der Waals surface area (Å²) in [4.78, 5) is 13.4. The number of ketones is 1. The largest absolute Gasteiger partial charge is 0.298 e. The van der Waals surface area contributed by atoms with Crippen LogP contribution in [0.1, 0.15) is 18.2 Å². The molecule has 1 aliphatic rings. The quantitative estimate of drug-likeness (QED) is 0.832. The molecular formula is C12H15ClOS3. The Morgan fingerprint density at radius 1 is 1.41 bits per heavy atom. The van der Waals surface area contributed by atoms with Gasteiger partial charge in [-0.15, -0.1) is 23.1 Å². The van der Waals surface area contributed by atoms with Crippen LogP contribution < -0.4 is 0 Å². The smallest absolute Gasteiger partial charge is 0.152 e. The van der Waals surface area contributed by atoms with Crippen LogP contribution >= 0.6 is 46.5 Å². The highest BCUT2D eigenvalue weighted by Crippen LogP contribution is 2.35. The van der Waals surface area contributed by atoms with Crippen LogP contribution in [0.2, 0.25) is 4.34 Å². The van der Waals surface area contributed by atoms with E-state index in [-0.39, 0.29) is 5.25 Å². The molecule has 0 bridgehead atoms. The summed E-state index contributed by atoms with van der Waals surface area (Å²) in [6, 6.07) is 3.83. The van der Waals surface area contributed by atoms with Crippen LogP contribution in [0.3, 0.4) is 0 Å². The van der Waals surface area contributed by atoms with Crippen molar-refractivity contribution in [3.63, 3.8) is 0 Å². The topological polar surface area (TPSA) is 17.1 Å². The highest BCUT2D eigenvalue weighted by molar-refractivity contribution is 8.07. The third-order valence-corrected chi connectivity index (χ3v) is 7.27. The number of hydrogen-bond donors (Lipinski definition) is 0. The average molecular weight is 307 g/mol. The molecule has 0 amide bonds. The van der Waals surface area contributed by atoms with Crippen LogP contribution in [0.5, 0.6) is 0 Å². The van der Waals surface area contributed by atoms with Crippen LogP contribution in [-0.2, 0) is 11.2 Å². The molecule has 1 saturated heterocycles. The minimum Gasteiger partial charge on any atom is -0.298 e. The third kappa shape index (κ3) is 3.66. The zero-order chi connectivity index (χ0) is 12.3. The van der Waals surface area contributed by atoms with Crippen molar-refractivity contribution >= 4 is 52.2 Å². The van der Waals surface area contributed by atoms with Crippen LogP contribution in [0.15, 0.2) is 12.1 Å². The number of rotatable bonds is 4. The molecule has 0 spiro atoms. The Morgan fingerprint density at radius 3 is 2.82 bits per heavy atom. The molecule has 94 valence electrons. The first-order valence-electron chi connectivity index (χ1n) is 5.71. The zero-order valence-electron chi connectivity index (χ0n) is 9.65. The number of carbonyl (C=O) groups is 1. The fraction of sp³-hybridized carbons (Fsp3) is 0.583. The Labute approximate surface area is 120 Å². The van der Waals surface area contributed by atoms with E-state index in [1.54, 1.807) is 0 Å². The second-order valence-corrected chi connectivity index (χ2v) is 8.35. The summed E-state index contributed by atoms with van der Waals surface area (Å²) in [7, 11) is 0. The monoisotopic (exact) mass is 306 g/mol. The summed E-state index contributed by atoms with van der Waals surface area (Å²) in [5, 5.41) is 0.677. The Balaban J connectivity index is 1.98. The fourth-order valence-corrected chi connectivity index (χ4v) is 6.05. The lowest BCUT2D eigenvalue weighted by molar-refractivity contribution is -0.117. The molecule has 0 aliphatic carbocycles. The van der Waals surface area contributed by atoms with E-state index in [4.69, 9.17) is 11.6 Å². The van der Waals surface area contributed by atoms with E-state index in [9.17, 15) is 4.79 Å². The van der Waals surface area contributed by atoms with E-state index in [0.29, 0.717) is 17.5 Å². The maximum absolute atomic E-state index is 12.3. The predicted octanol–water partition coefficient (Wildman–Crippen LogP) is 4.14. The van der Waals surface area contributed by atoms with Crippen LogP contribution in [0.25, 0.3) is 0 Å². The van der Waals surface area contributed by atoms with Gasteiger partial charge in [-0.25, -0.2) is 0 Å². The Bertz CT molecular complexity index is 391. The Hall–Kier alpha value is 0.360. The summed E-state index contributed by atoms with van der Waals surface area (Å²) < 4.78 is 0.769. The van der Waals surface area contributed by atoms with Gasteiger partial charge in [0.2, 0.25) is 0 Å². The van der Waals surface area contributed by atoms with Gasteiger partial charge in [0.25, 0.3) is 0 Å². The molecular weight excluding hydrogens is 292 g/mol. The molecule has 0 N–H and O–H groups in total. The summed E-state index contributed by atoms with van der Waals surface area (Å²) in [6.45, 7) is 2.17. The number of Topliss-reactive ketones (excluding diaryl/α,β-unsaturated/α-hetero) is 1. The van der Waals surface area contributed by atoms with Gasteiger partial charge in [-0.1, -0.05) is 18.5 Å². The normalized spacial score (nSPS) is 24.8. The maximum Gasteiger partial charge on any atom is 0.152 e. The van der Waals surface area contributed by atoms with E-state index in [1.807, 2.05) is 35.7 Å². The summed E-state index contributed by atoms with van der Waals surface area (Å²) in [5.74, 6) is 2.65. The van der Waals surface area contributed by atoms with Crippen molar-refractivity contribution in [2.24, 2.45) is 0 Å². The van der Waals surface area contributed by atoms with Gasteiger partial charge in [-0.2, -0.15) is 11.8 Å². The van der Waals surface area contributed by atoms with Gasteiger partial charge < -0.3 is 0 Å². The number of halogens is 1. The van der Waals surface area contributed by atoms with Gasteiger partial charge in [-0.3, -0.25) is 4.79 Å². The molecule has 2 atom stereocenters. The highest BCUT2D eigenvalue weighted by Gasteiger charge is 2.30. The summed E-state index contributed by atoms with van der Waals surface area (Å²) >= 11 is 11.2. The van der Waals surface area contributed by atoms with Crippen molar-refractivity contribution < 1.29 is 4.79 Å². The molecule has 0 aromatic carbocycles. The molecule has 1 nitrogen and oxygen atoms in total. The van der Waals surface area contributed by atoms with Crippen molar-refractivity contribution in [1.29, 1.82) is 0 Å². The summed E-state index contributed by atoms with van der Waals surface area (Å²) in [6.07, 6.45) is 1.63. The first kappa shape index (κ1) is 13.8. The molecule has 17 heavy (non-hydrogen) atoms. The zero-order valence-corrected chi connectivity index (χ0v) is 12.9. The fourth-order valence-electron chi connectivity index (χ4n) is 1.92. The van der Waals surface area contributed by atoms with E-state index in [0.717, 1.165) is 21.4 Å². The SMILES string of the molecule is CCC1SCCSC1C(=O)Cc1ccc(Cl)s1. The molecule has 2 heterocycles. The minimum atomic E-state index is 0.180. The van der Waals surface area contributed by atoms with Gasteiger partial charge in [0.15, 0.2) is 5.78 Å². The molecule has 1 aromatic heterocycles. The lowest BCUT2D eigenvalue weighted by Gasteiger charge is -2.28. The molecule has 1 fully saturated rings. The van der Waals surface area contributed by atoms with Gasteiger partial charge in [-0.05, 0) is 18.6 Å². The van der Waals surface area contributed by atoms with E-state index < -0.39 is 0 Å². The molecule has 2 unspecified atom stereocenters. The van der Waals surface area contributed by atoms with Crippen molar-refractivity contribution in [2.45, 2.75) is 30.3 Å². The van der Waals surface area contributed by atoms with Gasteiger partial charge >= 0.3 is 0 Å². The number of carbonyl (C=O) groups excluding carboxylic acids is 1. The average Bonchev–Trinajstić information content (AvgIpc) is 2.74. The first-order valence-corrected chi connectivity index (χ1v) is 9.00. The van der Waals surface area contributed by atoms with Gasteiger partial charge in [0.1, 0.15) is 0 Å². The highest BCUT2D eigenvalue weighted by atomic mass is 35.5. The van der Waals surface area contributed by atoms with Crippen LogP contribution in [0.4, 0.5) is 0 Å². The number of hydrogen-bond acceptors (Lipinski definition) is 4. The standard InChI is InChI=1S/C12H15ClOS3/c1-2-10-12(16-6-5-15-10)9(14)7-8-3-4-11(13)17-8/h3-4,10,12H,2,5-7H2,1H3. The first-order chi connectivity index (χ1) is 8.20. The lowest BCUT2D eigenvalue weighted by atomic mass is 10.1. The van der Waals surface area contributed by atoms with Crippen molar-refractivity contribution in [3.8, 4) is 0 Å². The number of thiophene rings is 1. The summed E-state index contributed by atoms with van der Waals surface area (Å²) in [5.41, 5.74) is 0. The van der Waals surface area contributed by atoms with Crippen molar-refractivity contribution in [3.05, 3.63) is 21.3 Å². The van der Waals surface area contributed by atoms with Crippen LogP contribution in [-0.4, -0.2) is 27.8 Å². The predicted molar refractivity (Wildman–Crippen MR) is 80.8 cm³/mol. The van der Waals surface area contributed by atoms with Gasteiger partial charge in [0.05, 0.1) is 9.59 Å². The maximum atomic E-state index is 12.3.